The summed E-state index contributed by atoms with van der Waals surface area (Å²) in [6.45, 7) is 8.01. The second-order valence-electron chi connectivity index (χ2n) is 5.37. The predicted molar refractivity (Wildman–Crippen MR) is 80.2 cm³/mol. The second-order valence-corrected chi connectivity index (χ2v) is 5.37. The number of aromatic nitrogens is 1. The van der Waals surface area contributed by atoms with Crippen molar-refractivity contribution in [1.29, 1.82) is 0 Å². The van der Waals surface area contributed by atoms with Gasteiger partial charge in [0.15, 0.2) is 0 Å². The van der Waals surface area contributed by atoms with Crippen molar-refractivity contribution in [3.05, 3.63) is 53.2 Å². The molecular weight excluding hydrogens is 250 g/mol. The topological polar surface area (TPSA) is 42.4 Å². The zero-order chi connectivity index (χ0) is 14.7. The van der Waals surface area contributed by atoms with Crippen molar-refractivity contribution in [2.24, 2.45) is 0 Å². The van der Waals surface area contributed by atoms with Crippen molar-refractivity contribution in [2.45, 2.75) is 39.7 Å². The summed E-state index contributed by atoms with van der Waals surface area (Å²) in [5.41, 5.74) is 2.97. The van der Waals surface area contributed by atoms with Gasteiger partial charge >= 0.3 is 0 Å². The molecule has 0 bridgehead atoms. The van der Waals surface area contributed by atoms with Crippen LogP contribution < -0.4 is 4.74 Å². The average molecular weight is 271 g/mol. The van der Waals surface area contributed by atoms with Crippen LogP contribution in [0.15, 0.2) is 36.5 Å². The van der Waals surface area contributed by atoms with Crippen LogP contribution in [0.1, 0.15) is 49.5 Å². The Morgan fingerprint density at radius 2 is 1.85 bits per heavy atom. The highest BCUT2D eigenvalue weighted by molar-refractivity contribution is 5.42. The van der Waals surface area contributed by atoms with Gasteiger partial charge in [0.05, 0.1) is 6.10 Å². The summed E-state index contributed by atoms with van der Waals surface area (Å²) in [4.78, 5) is 4.24. The predicted octanol–water partition coefficient (Wildman–Crippen LogP) is 4.36. The lowest BCUT2D eigenvalue weighted by Crippen LogP contribution is -2.01. The molecule has 1 N–H and O–H groups in total. The highest BCUT2D eigenvalue weighted by atomic mass is 16.5. The summed E-state index contributed by atoms with van der Waals surface area (Å²) < 4.78 is 5.97. The van der Waals surface area contributed by atoms with Crippen molar-refractivity contribution in [3.63, 3.8) is 0 Å². The number of hydrogen-bond acceptors (Lipinski definition) is 3. The number of ether oxygens (including phenoxy) is 1. The number of aryl methyl sites for hydroxylation is 1. The van der Waals surface area contributed by atoms with E-state index >= 15 is 0 Å². The highest BCUT2D eigenvalue weighted by Crippen LogP contribution is 2.33. The van der Waals surface area contributed by atoms with E-state index in [0.29, 0.717) is 17.4 Å². The van der Waals surface area contributed by atoms with E-state index in [1.54, 1.807) is 19.2 Å². The van der Waals surface area contributed by atoms with Crippen LogP contribution in [0.5, 0.6) is 11.6 Å². The summed E-state index contributed by atoms with van der Waals surface area (Å²) >= 11 is 0. The van der Waals surface area contributed by atoms with Crippen molar-refractivity contribution in [2.75, 3.05) is 0 Å². The van der Waals surface area contributed by atoms with E-state index < -0.39 is 6.10 Å². The number of pyridine rings is 1. The molecule has 1 aromatic carbocycles. The number of aliphatic hydroxyl groups excluding tert-OH is 1. The van der Waals surface area contributed by atoms with Gasteiger partial charge in [-0.3, -0.25) is 0 Å². The van der Waals surface area contributed by atoms with Gasteiger partial charge in [0.25, 0.3) is 0 Å². The highest BCUT2D eigenvalue weighted by Gasteiger charge is 2.14. The van der Waals surface area contributed by atoms with E-state index in [0.717, 1.165) is 16.9 Å². The number of benzene rings is 1. The molecule has 0 saturated heterocycles. The van der Waals surface area contributed by atoms with Crippen LogP contribution in [0, 0.1) is 6.92 Å². The van der Waals surface area contributed by atoms with E-state index in [1.165, 1.54) is 0 Å². The Labute approximate surface area is 120 Å². The number of hydrogen-bond donors (Lipinski definition) is 1. The van der Waals surface area contributed by atoms with Gasteiger partial charge in [0.2, 0.25) is 5.88 Å². The van der Waals surface area contributed by atoms with Crippen LogP contribution in [0.3, 0.4) is 0 Å². The van der Waals surface area contributed by atoms with Crippen molar-refractivity contribution in [3.8, 4) is 11.6 Å². The zero-order valence-corrected chi connectivity index (χ0v) is 12.4. The molecule has 106 valence electrons. The second kappa shape index (κ2) is 6.06. The lowest BCUT2D eigenvalue weighted by atomic mass is 10.0. The molecule has 20 heavy (non-hydrogen) atoms. The zero-order valence-electron chi connectivity index (χ0n) is 12.4. The largest absolute Gasteiger partial charge is 0.438 e. The standard InChI is InChI=1S/C17H21NO2/c1-11(2)14-8-7-12(3)10-16(14)20-17-15(13(4)19)6-5-9-18-17/h5-11,13,19H,1-4H3/t13-/m1/s1. The van der Waals surface area contributed by atoms with Gasteiger partial charge in [-0.2, -0.15) is 0 Å². The molecule has 2 rings (SSSR count). The number of aliphatic hydroxyl groups is 1. The van der Waals surface area contributed by atoms with Crippen molar-refractivity contribution >= 4 is 0 Å². The van der Waals surface area contributed by atoms with E-state index in [-0.39, 0.29) is 0 Å². The third kappa shape index (κ3) is 3.17. The van der Waals surface area contributed by atoms with E-state index in [1.807, 2.05) is 19.1 Å². The fourth-order valence-corrected chi connectivity index (χ4v) is 2.12. The molecule has 0 fully saturated rings. The smallest absolute Gasteiger partial charge is 0.225 e. The quantitative estimate of drug-likeness (QED) is 0.898. The van der Waals surface area contributed by atoms with Crippen LogP contribution in [-0.2, 0) is 0 Å². The van der Waals surface area contributed by atoms with Crippen LogP contribution in [-0.4, -0.2) is 10.1 Å². The lowest BCUT2D eigenvalue weighted by Gasteiger charge is -2.16. The molecule has 0 spiro atoms. The first kappa shape index (κ1) is 14.5. The normalized spacial score (nSPS) is 12.5. The van der Waals surface area contributed by atoms with Crippen molar-refractivity contribution in [1.82, 2.24) is 4.98 Å². The Morgan fingerprint density at radius 1 is 1.10 bits per heavy atom. The Morgan fingerprint density at radius 3 is 2.50 bits per heavy atom. The molecule has 1 aromatic heterocycles. The summed E-state index contributed by atoms with van der Waals surface area (Å²) in [7, 11) is 0. The molecule has 0 unspecified atom stereocenters. The molecule has 0 radical (unpaired) electrons. The Bertz CT molecular complexity index is 591. The van der Waals surface area contributed by atoms with Gasteiger partial charge < -0.3 is 9.84 Å². The number of rotatable bonds is 4. The van der Waals surface area contributed by atoms with Gasteiger partial charge in [-0.05, 0) is 49.1 Å². The van der Waals surface area contributed by atoms with E-state index in [4.69, 9.17) is 4.74 Å². The summed E-state index contributed by atoms with van der Waals surface area (Å²) in [6, 6.07) is 9.80. The maximum atomic E-state index is 9.80. The first-order chi connectivity index (χ1) is 9.49. The minimum absolute atomic E-state index is 0.365. The fourth-order valence-electron chi connectivity index (χ4n) is 2.12. The molecule has 0 aliphatic rings. The Hall–Kier alpha value is -1.87. The van der Waals surface area contributed by atoms with E-state index in [9.17, 15) is 5.11 Å². The van der Waals surface area contributed by atoms with Crippen LogP contribution in [0.2, 0.25) is 0 Å². The molecule has 0 aliphatic heterocycles. The minimum Gasteiger partial charge on any atom is -0.438 e. The summed E-state index contributed by atoms with van der Waals surface area (Å²) in [5.74, 6) is 1.64. The maximum Gasteiger partial charge on any atom is 0.225 e. The third-order valence-corrected chi connectivity index (χ3v) is 3.25. The molecule has 0 aliphatic carbocycles. The SMILES string of the molecule is Cc1ccc(C(C)C)c(Oc2ncccc2[C@@H](C)O)c1. The molecule has 1 atom stereocenters. The summed E-state index contributed by atoms with van der Waals surface area (Å²) in [6.07, 6.45) is 1.07. The first-order valence-electron chi connectivity index (χ1n) is 6.90. The fraction of sp³-hybridized carbons (Fsp3) is 0.353. The molecule has 0 saturated carbocycles. The van der Waals surface area contributed by atoms with E-state index in [2.05, 4.69) is 31.0 Å². The van der Waals surface area contributed by atoms with Gasteiger partial charge in [-0.15, -0.1) is 0 Å². The lowest BCUT2D eigenvalue weighted by molar-refractivity contribution is 0.194. The Kier molecular flexibility index (Phi) is 4.40. The molecular formula is C17H21NO2. The molecule has 3 nitrogen and oxygen atoms in total. The third-order valence-electron chi connectivity index (χ3n) is 3.25. The Balaban J connectivity index is 2.42. The van der Waals surface area contributed by atoms with Gasteiger partial charge in [0.1, 0.15) is 5.75 Å². The average Bonchev–Trinajstić information content (AvgIpc) is 2.38. The monoisotopic (exact) mass is 271 g/mol. The maximum absolute atomic E-state index is 9.80. The molecule has 1 heterocycles. The first-order valence-corrected chi connectivity index (χ1v) is 6.90. The van der Waals surface area contributed by atoms with Gasteiger partial charge in [-0.25, -0.2) is 4.98 Å². The minimum atomic E-state index is -0.606. The molecule has 0 amide bonds. The summed E-state index contributed by atoms with van der Waals surface area (Å²) in [5, 5.41) is 9.80. The van der Waals surface area contributed by atoms with Gasteiger partial charge in [-0.1, -0.05) is 26.0 Å². The molecule has 3 heteroatoms. The van der Waals surface area contributed by atoms with Crippen LogP contribution in [0.25, 0.3) is 0 Å². The number of nitrogens with zero attached hydrogens (tertiary/aromatic N) is 1. The molecule has 2 aromatic rings. The van der Waals surface area contributed by atoms with Crippen molar-refractivity contribution < 1.29 is 9.84 Å². The van der Waals surface area contributed by atoms with Crippen LogP contribution in [0.4, 0.5) is 0 Å². The van der Waals surface area contributed by atoms with Crippen LogP contribution >= 0.6 is 0 Å². The van der Waals surface area contributed by atoms with Gasteiger partial charge in [0, 0.05) is 11.8 Å².